The maximum absolute atomic E-state index is 6.12. The number of nitrogens with one attached hydrogen (secondary N) is 1. The minimum Gasteiger partial charge on any atom is -0.493 e. The summed E-state index contributed by atoms with van der Waals surface area (Å²) in [5.74, 6) is 2.26. The fourth-order valence-corrected chi connectivity index (χ4v) is 4.11. The molecule has 1 heterocycles. The molecule has 0 aliphatic carbocycles. The third kappa shape index (κ3) is 6.87. The number of methoxy groups -OCH3 is 1. The first-order valence-corrected chi connectivity index (χ1v) is 11.8. The maximum atomic E-state index is 6.12. The Balaban J connectivity index is 0.00000324. The summed E-state index contributed by atoms with van der Waals surface area (Å²) in [4.78, 5) is 0. The number of nitrogens with zero attached hydrogens (tertiary/aromatic N) is 4. The van der Waals surface area contributed by atoms with E-state index in [1.54, 1.807) is 23.6 Å². The minimum atomic E-state index is 0. The van der Waals surface area contributed by atoms with Gasteiger partial charge in [-0.05, 0) is 46.3 Å². The molecule has 7 nitrogen and oxygen atoms in total. The van der Waals surface area contributed by atoms with Gasteiger partial charge in [0.05, 0.1) is 12.8 Å². The van der Waals surface area contributed by atoms with Crippen LogP contribution in [-0.4, -0.2) is 39.6 Å². The molecule has 34 heavy (non-hydrogen) atoms. The van der Waals surface area contributed by atoms with E-state index >= 15 is 0 Å². The molecule has 0 saturated carbocycles. The maximum Gasteiger partial charge on any atom is 0.214 e. The Labute approximate surface area is 214 Å². The van der Waals surface area contributed by atoms with Gasteiger partial charge in [0, 0.05) is 29.4 Å². The van der Waals surface area contributed by atoms with E-state index < -0.39 is 0 Å². The molecule has 0 unspecified atom stereocenters. The van der Waals surface area contributed by atoms with Crippen molar-refractivity contribution in [2.75, 3.05) is 19.4 Å². The predicted octanol–water partition coefficient (Wildman–Crippen LogP) is 5.21. The van der Waals surface area contributed by atoms with Crippen LogP contribution in [0.2, 0.25) is 5.02 Å². The van der Waals surface area contributed by atoms with Gasteiger partial charge in [-0.25, -0.2) is 0 Å². The molecule has 10 heteroatoms. The average Bonchev–Trinajstić information content (AvgIpc) is 3.33. The number of hydrogen-bond donors (Lipinski definition) is 1. The van der Waals surface area contributed by atoms with Crippen LogP contribution in [-0.2, 0) is 13.2 Å². The molecule has 0 radical (unpaired) electrons. The van der Waals surface area contributed by atoms with E-state index in [1.165, 1.54) is 0 Å². The number of benzene rings is 3. The summed E-state index contributed by atoms with van der Waals surface area (Å²) in [5.41, 5.74) is 3.01. The highest BCUT2D eigenvalue weighted by Gasteiger charge is 2.12. The Morgan fingerprint density at radius 3 is 2.56 bits per heavy atom. The van der Waals surface area contributed by atoms with E-state index in [2.05, 4.69) is 20.8 Å². The fraction of sp³-hybridized carbons (Fsp3) is 0.208. The molecule has 0 amide bonds. The molecule has 0 saturated heterocycles. The molecule has 0 fully saturated rings. The van der Waals surface area contributed by atoms with E-state index in [9.17, 15) is 0 Å². The van der Waals surface area contributed by atoms with Gasteiger partial charge in [0.25, 0.3) is 0 Å². The molecule has 4 rings (SSSR count). The van der Waals surface area contributed by atoms with Gasteiger partial charge < -0.3 is 14.8 Å². The number of thioether (sulfide) groups is 1. The quantitative estimate of drug-likeness (QED) is 0.216. The first-order valence-electron chi connectivity index (χ1n) is 10.4. The highest BCUT2D eigenvalue weighted by molar-refractivity contribution is 7.99. The fourth-order valence-electron chi connectivity index (χ4n) is 3.20. The molecule has 0 atom stereocenters. The second-order valence-electron chi connectivity index (χ2n) is 7.10. The van der Waals surface area contributed by atoms with Crippen molar-refractivity contribution in [1.29, 1.82) is 0 Å². The van der Waals surface area contributed by atoms with Crippen LogP contribution in [0.5, 0.6) is 11.5 Å². The normalized spacial score (nSPS) is 10.5. The Kier molecular flexibility index (Phi) is 10.0. The van der Waals surface area contributed by atoms with Crippen LogP contribution in [0.1, 0.15) is 11.1 Å². The topological polar surface area (TPSA) is 74.1 Å². The van der Waals surface area contributed by atoms with E-state index in [-0.39, 0.29) is 12.4 Å². The van der Waals surface area contributed by atoms with Gasteiger partial charge in [0.15, 0.2) is 11.5 Å². The molecule has 0 aliphatic heterocycles. The van der Waals surface area contributed by atoms with Crippen molar-refractivity contribution in [3.63, 3.8) is 0 Å². The Hall–Kier alpha value is -2.78. The summed E-state index contributed by atoms with van der Waals surface area (Å²) < 4.78 is 13.4. The van der Waals surface area contributed by atoms with Gasteiger partial charge in [0.1, 0.15) is 6.61 Å². The first kappa shape index (κ1) is 25.8. The number of rotatable bonds is 11. The first-order chi connectivity index (χ1) is 16.2. The summed E-state index contributed by atoms with van der Waals surface area (Å²) >= 11 is 7.58. The lowest BCUT2D eigenvalue weighted by atomic mass is 10.1. The molecule has 1 N–H and O–H groups in total. The van der Waals surface area contributed by atoms with Crippen LogP contribution in [0.25, 0.3) is 5.69 Å². The van der Waals surface area contributed by atoms with Gasteiger partial charge in [-0.2, -0.15) is 4.68 Å². The summed E-state index contributed by atoms with van der Waals surface area (Å²) in [6, 6.07) is 23.4. The van der Waals surface area contributed by atoms with Gasteiger partial charge in [-0.15, -0.1) is 17.5 Å². The number of para-hydroxylation sites is 2. The molecular weight excluding hydrogens is 493 g/mol. The third-order valence-corrected chi connectivity index (χ3v) is 6.02. The largest absolute Gasteiger partial charge is 0.493 e. The molecular formula is C24H25Cl2N5O2S. The van der Waals surface area contributed by atoms with E-state index in [0.29, 0.717) is 23.9 Å². The zero-order valence-electron chi connectivity index (χ0n) is 18.6. The zero-order chi connectivity index (χ0) is 22.9. The van der Waals surface area contributed by atoms with Crippen LogP contribution >= 0.6 is 35.8 Å². The van der Waals surface area contributed by atoms with Crippen molar-refractivity contribution in [3.05, 3.63) is 88.9 Å². The van der Waals surface area contributed by atoms with Gasteiger partial charge in [0.2, 0.25) is 5.16 Å². The molecule has 0 spiro atoms. The number of halogens is 2. The Morgan fingerprint density at radius 1 is 1.00 bits per heavy atom. The molecule has 0 aliphatic rings. The Bertz CT molecular complexity index is 1160. The Morgan fingerprint density at radius 2 is 1.79 bits per heavy atom. The number of aromatic nitrogens is 4. The van der Waals surface area contributed by atoms with Crippen LogP contribution in [0.3, 0.4) is 0 Å². The monoisotopic (exact) mass is 517 g/mol. The van der Waals surface area contributed by atoms with Gasteiger partial charge in [-0.1, -0.05) is 65.8 Å². The van der Waals surface area contributed by atoms with Crippen molar-refractivity contribution >= 4 is 35.8 Å². The third-order valence-electron chi connectivity index (χ3n) is 4.84. The molecule has 0 bridgehead atoms. The highest BCUT2D eigenvalue weighted by Crippen LogP contribution is 2.32. The highest BCUT2D eigenvalue weighted by atomic mass is 35.5. The standard InChI is InChI=1S/C24H24ClN5O2S.ClH/c1-31-22-9-5-6-19(23(22)32-17-18-10-12-20(25)13-11-18)16-26-14-15-33-24-27-28-29-30(24)21-7-3-2-4-8-21;/h2-13,26H,14-17H2,1H3;1H. The predicted molar refractivity (Wildman–Crippen MR) is 138 cm³/mol. The molecule has 4 aromatic rings. The van der Waals surface area contributed by atoms with Crippen molar-refractivity contribution in [2.45, 2.75) is 18.3 Å². The van der Waals surface area contributed by atoms with Crippen molar-refractivity contribution in [3.8, 4) is 17.2 Å². The second kappa shape index (κ2) is 13.2. The van der Waals surface area contributed by atoms with E-state index in [0.717, 1.165) is 40.0 Å². The van der Waals surface area contributed by atoms with Gasteiger partial charge >= 0.3 is 0 Å². The smallest absolute Gasteiger partial charge is 0.214 e. The van der Waals surface area contributed by atoms with Crippen LogP contribution in [0, 0.1) is 0 Å². The summed E-state index contributed by atoms with van der Waals surface area (Å²) in [7, 11) is 1.65. The summed E-state index contributed by atoms with van der Waals surface area (Å²) in [6.45, 7) is 1.86. The van der Waals surface area contributed by atoms with Crippen molar-refractivity contribution < 1.29 is 9.47 Å². The van der Waals surface area contributed by atoms with Crippen LogP contribution in [0.15, 0.2) is 78.0 Å². The van der Waals surface area contributed by atoms with E-state index in [1.807, 2.05) is 72.8 Å². The number of ether oxygens (including phenoxy) is 2. The minimum absolute atomic E-state index is 0. The molecule has 178 valence electrons. The number of hydrogen-bond acceptors (Lipinski definition) is 7. The van der Waals surface area contributed by atoms with Crippen molar-refractivity contribution in [1.82, 2.24) is 25.5 Å². The summed E-state index contributed by atoms with van der Waals surface area (Å²) in [6.07, 6.45) is 0. The lowest BCUT2D eigenvalue weighted by Crippen LogP contribution is -2.17. The lowest BCUT2D eigenvalue weighted by Gasteiger charge is -2.16. The molecule has 3 aromatic carbocycles. The summed E-state index contributed by atoms with van der Waals surface area (Å²) in [5, 5.41) is 17.0. The number of tetrazole rings is 1. The van der Waals surface area contributed by atoms with Crippen molar-refractivity contribution in [2.24, 2.45) is 0 Å². The van der Waals surface area contributed by atoms with Gasteiger partial charge in [-0.3, -0.25) is 0 Å². The molecule has 1 aromatic heterocycles. The average molecular weight is 518 g/mol. The van der Waals surface area contributed by atoms with Crippen LogP contribution in [0.4, 0.5) is 0 Å². The lowest BCUT2D eigenvalue weighted by molar-refractivity contribution is 0.280. The van der Waals surface area contributed by atoms with Crippen LogP contribution < -0.4 is 14.8 Å². The second-order valence-corrected chi connectivity index (χ2v) is 8.60. The zero-order valence-corrected chi connectivity index (χ0v) is 20.9. The SMILES string of the molecule is COc1cccc(CNCCSc2nnnn2-c2ccccc2)c1OCc1ccc(Cl)cc1.Cl. The van der Waals surface area contributed by atoms with E-state index in [4.69, 9.17) is 21.1 Å².